The highest BCUT2D eigenvalue weighted by Gasteiger charge is 2.20. The van der Waals surface area contributed by atoms with Gasteiger partial charge in [0.05, 0.1) is 5.71 Å². The Kier molecular flexibility index (Phi) is 6.93. The molecule has 144 valence electrons. The van der Waals surface area contributed by atoms with Gasteiger partial charge in [-0.15, -0.1) is 0 Å². The Bertz CT molecular complexity index is 938. The Hall–Kier alpha value is -2.53. The van der Waals surface area contributed by atoms with Crippen molar-refractivity contribution < 1.29 is 0 Å². The highest BCUT2D eigenvalue weighted by Crippen LogP contribution is 2.30. The predicted octanol–water partition coefficient (Wildman–Crippen LogP) is 4.86. The van der Waals surface area contributed by atoms with Crippen LogP contribution in [0.3, 0.4) is 0 Å². The molecule has 4 nitrogen and oxygen atoms in total. The fraction of sp³-hybridized carbons (Fsp3) is 0.217. The quantitative estimate of drug-likeness (QED) is 0.461. The summed E-state index contributed by atoms with van der Waals surface area (Å²) in [5.41, 5.74) is 10.7. The van der Waals surface area contributed by atoms with Gasteiger partial charge >= 0.3 is 0 Å². The van der Waals surface area contributed by atoms with E-state index in [1.807, 2.05) is 36.4 Å². The molecule has 3 rings (SSSR count). The number of nitrogens with zero attached hydrogens (tertiary/aromatic N) is 3. The Labute approximate surface area is 171 Å². The summed E-state index contributed by atoms with van der Waals surface area (Å²) in [5.74, 6) is 0. The van der Waals surface area contributed by atoms with Gasteiger partial charge in [-0.1, -0.05) is 66.2 Å². The van der Waals surface area contributed by atoms with Gasteiger partial charge in [-0.25, -0.2) is 9.98 Å². The molecule has 0 aliphatic carbocycles. The highest BCUT2D eigenvalue weighted by molar-refractivity contribution is 6.32. The second-order valence-corrected chi connectivity index (χ2v) is 7.14. The van der Waals surface area contributed by atoms with Crippen LogP contribution >= 0.6 is 11.6 Å². The van der Waals surface area contributed by atoms with Crippen molar-refractivity contribution in [2.75, 3.05) is 20.6 Å². The van der Waals surface area contributed by atoms with E-state index in [9.17, 15) is 0 Å². The van der Waals surface area contributed by atoms with E-state index in [1.54, 1.807) is 6.20 Å². The molecule has 0 spiro atoms. The van der Waals surface area contributed by atoms with Gasteiger partial charge in [-0.05, 0) is 44.8 Å². The fourth-order valence-corrected chi connectivity index (χ4v) is 3.47. The fourth-order valence-electron chi connectivity index (χ4n) is 3.31. The van der Waals surface area contributed by atoms with E-state index in [2.05, 4.69) is 54.3 Å². The Morgan fingerprint density at radius 1 is 1.04 bits per heavy atom. The zero-order valence-electron chi connectivity index (χ0n) is 16.2. The van der Waals surface area contributed by atoms with Crippen LogP contribution in [0.1, 0.15) is 29.2 Å². The number of aliphatic imine (C=N–C) groups is 1. The maximum atomic E-state index is 6.30. The van der Waals surface area contributed by atoms with Crippen molar-refractivity contribution in [1.29, 1.82) is 0 Å². The Balaban J connectivity index is 2.22. The summed E-state index contributed by atoms with van der Waals surface area (Å²) in [6, 6.07) is 22.4. The lowest BCUT2D eigenvalue weighted by atomic mass is 9.91. The number of hydrogen-bond donors (Lipinski definition) is 1. The molecule has 28 heavy (non-hydrogen) atoms. The van der Waals surface area contributed by atoms with Crippen LogP contribution in [0.4, 0.5) is 5.69 Å². The minimum atomic E-state index is 0.194. The van der Waals surface area contributed by atoms with Crippen LogP contribution in [0.25, 0.3) is 0 Å². The molecule has 0 aliphatic rings. The van der Waals surface area contributed by atoms with Crippen molar-refractivity contribution in [2.24, 2.45) is 10.7 Å². The molecule has 1 aromatic heterocycles. The van der Waals surface area contributed by atoms with Gasteiger partial charge in [-0.2, -0.15) is 0 Å². The number of pyridine rings is 1. The number of hydrogen-bond acceptors (Lipinski definition) is 4. The van der Waals surface area contributed by atoms with E-state index in [-0.39, 0.29) is 6.04 Å². The topological polar surface area (TPSA) is 54.5 Å². The number of nitrogens with two attached hydrogens (primary N) is 1. The molecule has 2 aromatic carbocycles. The molecule has 1 atom stereocenters. The second kappa shape index (κ2) is 9.60. The summed E-state index contributed by atoms with van der Waals surface area (Å²) in [6.07, 6.45) is 2.53. The molecular weight excluding hydrogens is 368 g/mol. The van der Waals surface area contributed by atoms with Gasteiger partial charge < -0.3 is 10.6 Å². The van der Waals surface area contributed by atoms with Gasteiger partial charge in [0.15, 0.2) is 5.15 Å². The van der Waals surface area contributed by atoms with Crippen LogP contribution in [-0.2, 0) is 0 Å². The van der Waals surface area contributed by atoms with Crippen LogP contribution in [-0.4, -0.2) is 36.2 Å². The SMILES string of the molecule is CN(C)C(CCN)c1ccccc1C(=Nc1cccnc1Cl)c1ccccc1. The first-order chi connectivity index (χ1) is 13.6. The summed E-state index contributed by atoms with van der Waals surface area (Å²) < 4.78 is 0. The summed E-state index contributed by atoms with van der Waals surface area (Å²) >= 11 is 6.30. The molecule has 0 fully saturated rings. The molecule has 0 saturated carbocycles. The van der Waals surface area contributed by atoms with Crippen LogP contribution < -0.4 is 5.73 Å². The molecule has 3 aromatic rings. The second-order valence-electron chi connectivity index (χ2n) is 6.78. The lowest BCUT2D eigenvalue weighted by molar-refractivity contribution is 0.287. The first-order valence-corrected chi connectivity index (χ1v) is 9.70. The smallest absolute Gasteiger partial charge is 0.154 e. The van der Waals surface area contributed by atoms with Gasteiger partial charge in [0, 0.05) is 23.4 Å². The average Bonchev–Trinajstić information content (AvgIpc) is 2.72. The number of rotatable bonds is 7. The Morgan fingerprint density at radius 3 is 2.43 bits per heavy atom. The average molecular weight is 393 g/mol. The zero-order chi connectivity index (χ0) is 19.9. The van der Waals surface area contributed by atoms with E-state index in [1.165, 1.54) is 5.56 Å². The largest absolute Gasteiger partial charge is 0.330 e. The minimum absolute atomic E-state index is 0.194. The normalized spacial score (nSPS) is 13.0. The Morgan fingerprint density at radius 2 is 1.75 bits per heavy atom. The van der Waals surface area contributed by atoms with Crippen molar-refractivity contribution >= 4 is 23.0 Å². The maximum Gasteiger partial charge on any atom is 0.154 e. The zero-order valence-corrected chi connectivity index (χ0v) is 17.0. The third-order valence-corrected chi connectivity index (χ3v) is 4.95. The molecule has 0 aliphatic heterocycles. The van der Waals surface area contributed by atoms with Crippen molar-refractivity contribution in [2.45, 2.75) is 12.5 Å². The lowest BCUT2D eigenvalue weighted by Crippen LogP contribution is -2.25. The molecule has 0 bridgehead atoms. The van der Waals surface area contributed by atoms with E-state index in [0.29, 0.717) is 17.4 Å². The standard InChI is InChI=1S/C23H25ClN4/c1-28(2)21(14-15-25)18-11-6-7-12-19(18)22(17-9-4-3-5-10-17)27-20-13-8-16-26-23(20)24/h3-13,16,21H,14-15,25H2,1-2H3. The lowest BCUT2D eigenvalue weighted by Gasteiger charge is -2.27. The summed E-state index contributed by atoms with van der Waals surface area (Å²) in [5, 5.41) is 0.388. The van der Waals surface area contributed by atoms with E-state index in [4.69, 9.17) is 22.3 Å². The molecule has 5 heteroatoms. The third kappa shape index (κ3) is 4.65. The first-order valence-electron chi connectivity index (χ1n) is 9.32. The van der Waals surface area contributed by atoms with E-state index < -0.39 is 0 Å². The molecule has 1 heterocycles. The van der Waals surface area contributed by atoms with Gasteiger partial charge in [-0.3, -0.25) is 0 Å². The van der Waals surface area contributed by atoms with Crippen molar-refractivity contribution in [3.8, 4) is 0 Å². The predicted molar refractivity (Wildman–Crippen MR) is 118 cm³/mol. The highest BCUT2D eigenvalue weighted by atomic mass is 35.5. The molecule has 0 saturated heterocycles. The number of aromatic nitrogens is 1. The monoisotopic (exact) mass is 392 g/mol. The van der Waals surface area contributed by atoms with Gasteiger partial charge in [0.2, 0.25) is 0 Å². The maximum absolute atomic E-state index is 6.30. The van der Waals surface area contributed by atoms with Crippen LogP contribution in [0, 0.1) is 0 Å². The molecule has 1 unspecified atom stereocenters. The van der Waals surface area contributed by atoms with Gasteiger partial charge in [0.25, 0.3) is 0 Å². The van der Waals surface area contributed by atoms with Crippen LogP contribution in [0.2, 0.25) is 5.15 Å². The van der Waals surface area contributed by atoms with E-state index >= 15 is 0 Å². The molecule has 2 N–H and O–H groups in total. The van der Waals surface area contributed by atoms with Crippen LogP contribution in [0.5, 0.6) is 0 Å². The van der Waals surface area contributed by atoms with Gasteiger partial charge in [0.1, 0.15) is 5.69 Å². The van der Waals surface area contributed by atoms with Crippen molar-refractivity contribution in [3.63, 3.8) is 0 Å². The van der Waals surface area contributed by atoms with Crippen LogP contribution in [0.15, 0.2) is 77.9 Å². The third-order valence-electron chi connectivity index (χ3n) is 4.66. The number of benzene rings is 2. The molecule has 0 amide bonds. The molecular formula is C23H25ClN4. The molecule has 0 radical (unpaired) electrons. The summed E-state index contributed by atoms with van der Waals surface area (Å²) in [6.45, 7) is 0.615. The summed E-state index contributed by atoms with van der Waals surface area (Å²) in [7, 11) is 4.16. The number of halogens is 1. The van der Waals surface area contributed by atoms with Crippen molar-refractivity contribution in [1.82, 2.24) is 9.88 Å². The summed E-state index contributed by atoms with van der Waals surface area (Å²) in [4.78, 5) is 11.3. The first kappa shape index (κ1) is 20.2. The minimum Gasteiger partial charge on any atom is -0.330 e. The van der Waals surface area contributed by atoms with E-state index in [0.717, 1.165) is 23.3 Å². The van der Waals surface area contributed by atoms with Crippen molar-refractivity contribution in [3.05, 3.63) is 94.8 Å².